The number of benzene rings is 1. The minimum absolute atomic E-state index is 0.105. The molecule has 1 aromatic carbocycles. The number of ketones is 1. The van der Waals surface area contributed by atoms with E-state index in [1.165, 1.54) is 11.9 Å². The number of hydrogen-bond donors (Lipinski definition) is 2. The van der Waals surface area contributed by atoms with E-state index < -0.39 is 23.7 Å². The first kappa shape index (κ1) is 20.7. The summed E-state index contributed by atoms with van der Waals surface area (Å²) in [6.07, 6.45) is 2.64. The zero-order chi connectivity index (χ0) is 20.1. The molecule has 0 bridgehead atoms. The molecule has 2 rings (SSSR count). The number of likely N-dealkylation sites (N-methyl/N-ethyl adjacent to an activating group) is 1. The number of aromatic amines is 1. The molecular weight excluding hydrogens is 342 g/mol. The van der Waals surface area contributed by atoms with Gasteiger partial charge in [-0.15, -0.1) is 0 Å². The van der Waals surface area contributed by atoms with Gasteiger partial charge in [0, 0.05) is 36.6 Å². The fraction of sp³-hybridized carbons (Fsp3) is 0.476. The SMILES string of the molecule is CC(C)C(=O)C(=O)N(C)C(C(=O)NCCc1c[nH]c2ccccc12)C(C)C. The van der Waals surface area contributed by atoms with Crippen LogP contribution in [-0.2, 0) is 20.8 Å². The number of nitrogens with zero attached hydrogens (tertiary/aromatic N) is 1. The lowest BCUT2D eigenvalue weighted by Gasteiger charge is -2.30. The predicted molar refractivity (Wildman–Crippen MR) is 106 cm³/mol. The molecule has 6 nitrogen and oxygen atoms in total. The number of Topliss-reactive ketones (excluding diaryl/α,β-unsaturated/α-hetero) is 1. The van der Waals surface area contributed by atoms with Crippen molar-refractivity contribution < 1.29 is 14.4 Å². The fourth-order valence-electron chi connectivity index (χ4n) is 3.24. The third kappa shape index (κ3) is 4.76. The Morgan fingerprint density at radius 3 is 2.41 bits per heavy atom. The Morgan fingerprint density at radius 2 is 1.78 bits per heavy atom. The van der Waals surface area contributed by atoms with E-state index in [1.54, 1.807) is 13.8 Å². The van der Waals surface area contributed by atoms with E-state index in [4.69, 9.17) is 0 Å². The third-order valence-electron chi connectivity index (χ3n) is 4.74. The van der Waals surface area contributed by atoms with Crippen LogP contribution in [0.4, 0.5) is 0 Å². The number of para-hydroxylation sites is 1. The molecule has 0 fully saturated rings. The monoisotopic (exact) mass is 371 g/mol. The number of carbonyl (C=O) groups is 3. The summed E-state index contributed by atoms with van der Waals surface area (Å²) in [6, 6.07) is 7.34. The van der Waals surface area contributed by atoms with Gasteiger partial charge in [0.1, 0.15) is 6.04 Å². The van der Waals surface area contributed by atoms with Crippen molar-refractivity contribution in [2.75, 3.05) is 13.6 Å². The van der Waals surface area contributed by atoms with Gasteiger partial charge in [-0.1, -0.05) is 45.9 Å². The van der Waals surface area contributed by atoms with Crippen LogP contribution in [0.15, 0.2) is 30.5 Å². The summed E-state index contributed by atoms with van der Waals surface area (Å²) in [5, 5.41) is 4.05. The van der Waals surface area contributed by atoms with Gasteiger partial charge in [0.2, 0.25) is 11.7 Å². The zero-order valence-corrected chi connectivity index (χ0v) is 16.7. The highest BCUT2D eigenvalue weighted by atomic mass is 16.2. The molecule has 0 aliphatic rings. The molecule has 0 aliphatic heterocycles. The van der Waals surface area contributed by atoms with Gasteiger partial charge in [-0.2, -0.15) is 0 Å². The first-order chi connectivity index (χ1) is 12.7. The maximum absolute atomic E-state index is 12.7. The Bertz CT molecular complexity index is 823. The van der Waals surface area contributed by atoms with Crippen molar-refractivity contribution in [3.63, 3.8) is 0 Å². The van der Waals surface area contributed by atoms with E-state index >= 15 is 0 Å². The Morgan fingerprint density at radius 1 is 1.11 bits per heavy atom. The van der Waals surface area contributed by atoms with Crippen molar-refractivity contribution in [3.8, 4) is 0 Å². The molecule has 146 valence electrons. The van der Waals surface area contributed by atoms with Crippen LogP contribution in [-0.4, -0.2) is 47.1 Å². The summed E-state index contributed by atoms with van der Waals surface area (Å²) in [4.78, 5) is 41.5. The summed E-state index contributed by atoms with van der Waals surface area (Å²) in [5.41, 5.74) is 2.20. The lowest BCUT2D eigenvalue weighted by atomic mass is 10.00. The fourth-order valence-corrected chi connectivity index (χ4v) is 3.24. The Kier molecular flexibility index (Phi) is 6.77. The van der Waals surface area contributed by atoms with Crippen molar-refractivity contribution in [3.05, 3.63) is 36.0 Å². The summed E-state index contributed by atoms with van der Waals surface area (Å²) in [6.45, 7) is 7.56. The normalized spacial score (nSPS) is 12.4. The maximum Gasteiger partial charge on any atom is 0.290 e. The molecule has 1 unspecified atom stereocenters. The minimum Gasteiger partial charge on any atom is -0.361 e. The summed E-state index contributed by atoms with van der Waals surface area (Å²) in [5.74, 6) is -1.83. The Balaban J connectivity index is 2.00. The van der Waals surface area contributed by atoms with Crippen LogP contribution in [0.25, 0.3) is 10.9 Å². The van der Waals surface area contributed by atoms with Crippen LogP contribution in [0.3, 0.4) is 0 Å². The van der Waals surface area contributed by atoms with Gasteiger partial charge in [0.25, 0.3) is 5.91 Å². The van der Waals surface area contributed by atoms with E-state index in [9.17, 15) is 14.4 Å². The molecule has 0 saturated heterocycles. The van der Waals surface area contributed by atoms with E-state index in [1.807, 2.05) is 44.3 Å². The van der Waals surface area contributed by atoms with E-state index in [0.29, 0.717) is 13.0 Å². The van der Waals surface area contributed by atoms with Crippen LogP contribution in [0, 0.1) is 11.8 Å². The number of H-pyrrole nitrogens is 1. The average Bonchev–Trinajstić information content (AvgIpc) is 3.03. The number of amides is 2. The van der Waals surface area contributed by atoms with E-state index in [0.717, 1.165) is 16.5 Å². The lowest BCUT2D eigenvalue weighted by Crippen LogP contribution is -2.53. The number of aromatic nitrogens is 1. The van der Waals surface area contributed by atoms with Crippen LogP contribution >= 0.6 is 0 Å². The maximum atomic E-state index is 12.7. The third-order valence-corrected chi connectivity index (χ3v) is 4.74. The quantitative estimate of drug-likeness (QED) is 0.700. The first-order valence-corrected chi connectivity index (χ1v) is 9.37. The molecule has 0 saturated carbocycles. The number of hydrogen-bond acceptors (Lipinski definition) is 3. The molecule has 0 spiro atoms. The van der Waals surface area contributed by atoms with Gasteiger partial charge in [0.15, 0.2) is 0 Å². The van der Waals surface area contributed by atoms with Crippen LogP contribution < -0.4 is 5.32 Å². The Labute approximate surface area is 160 Å². The van der Waals surface area contributed by atoms with Crippen LogP contribution in [0.5, 0.6) is 0 Å². The molecule has 27 heavy (non-hydrogen) atoms. The van der Waals surface area contributed by atoms with Crippen LogP contribution in [0.2, 0.25) is 0 Å². The van der Waals surface area contributed by atoms with Gasteiger partial charge < -0.3 is 15.2 Å². The lowest BCUT2D eigenvalue weighted by molar-refractivity contribution is -0.149. The molecule has 2 amide bonds. The molecule has 2 N–H and O–H groups in total. The number of fused-ring (bicyclic) bond motifs is 1. The molecule has 1 atom stereocenters. The van der Waals surface area contributed by atoms with E-state index in [2.05, 4.69) is 10.3 Å². The highest BCUT2D eigenvalue weighted by Crippen LogP contribution is 2.18. The van der Waals surface area contributed by atoms with E-state index in [-0.39, 0.29) is 11.8 Å². The smallest absolute Gasteiger partial charge is 0.290 e. The predicted octanol–water partition coefficient (Wildman–Crippen LogP) is 2.53. The van der Waals surface area contributed by atoms with Crippen molar-refractivity contribution in [1.82, 2.24) is 15.2 Å². The van der Waals surface area contributed by atoms with Crippen LogP contribution in [0.1, 0.15) is 33.3 Å². The summed E-state index contributed by atoms with van der Waals surface area (Å²) >= 11 is 0. The molecule has 1 aromatic heterocycles. The molecule has 0 radical (unpaired) electrons. The average molecular weight is 371 g/mol. The molecule has 0 aliphatic carbocycles. The van der Waals surface area contributed by atoms with Gasteiger partial charge in [-0.05, 0) is 24.0 Å². The van der Waals surface area contributed by atoms with Gasteiger partial charge in [-0.3, -0.25) is 14.4 Å². The highest BCUT2D eigenvalue weighted by Gasteiger charge is 2.33. The molecular formula is C21H29N3O3. The second-order valence-electron chi connectivity index (χ2n) is 7.52. The Hall–Kier alpha value is -2.63. The molecule has 1 heterocycles. The number of carbonyl (C=O) groups excluding carboxylic acids is 3. The van der Waals surface area contributed by atoms with Gasteiger partial charge in [-0.25, -0.2) is 0 Å². The topological polar surface area (TPSA) is 82.3 Å². The first-order valence-electron chi connectivity index (χ1n) is 9.37. The van der Waals surface area contributed by atoms with Crippen molar-refractivity contribution in [2.24, 2.45) is 11.8 Å². The summed E-state index contributed by atoms with van der Waals surface area (Å²) < 4.78 is 0. The number of nitrogens with one attached hydrogen (secondary N) is 2. The second-order valence-corrected chi connectivity index (χ2v) is 7.52. The minimum atomic E-state index is -0.678. The summed E-state index contributed by atoms with van der Waals surface area (Å²) in [7, 11) is 1.52. The van der Waals surface area contributed by atoms with Crippen molar-refractivity contribution in [2.45, 2.75) is 40.2 Å². The second kappa shape index (κ2) is 8.84. The zero-order valence-electron chi connectivity index (χ0n) is 16.7. The van der Waals surface area contributed by atoms with Gasteiger partial charge >= 0.3 is 0 Å². The molecule has 6 heteroatoms. The van der Waals surface area contributed by atoms with Gasteiger partial charge in [0.05, 0.1) is 0 Å². The highest BCUT2D eigenvalue weighted by molar-refractivity contribution is 6.37. The van der Waals surface area contributed by atoms with Crippen molar-refractivity contribution in [1.29, 1.82) is 0 Å². The largest absolute Gasteiger partial charge is 0.361 e. The standard InChI is InChI=1S/C21H29N3O3/c1-13(2)18(24(5)21(27)19(25)14(3)4)20(26)22-11-10-15-12-23-17-9-7-6-8-16(15)17/h6-9,12-14,18,23H,10-11H2,1-5H3,(H,22,26). The number of rotatable bonds is 8. The molecule has 2 aromatic rings. The van der Waals surface area contributed by atoms with Crippen molar-refractivity contribution >= 4 is 28.5 Å².